The van der Waals surface area contributed by atoms with Crippen LogP contribution in [0, 0.1) is 0 Å². The summed E-state index contributed by atoms with van der Waals surface area (Å²) in [7, 11) is 3.26. The first-order valence-corrected chi connectivity index (χ1v) is 11.8. The minimum atomic E-state index is -0.739. The molecule has 3 rings (SSSR count). The molecule has 0 unspecified atom stereocenters. The summed E-state index contributed by atoms with van der Waals surface area (Å²) >= 11 is 3.59. The molecule has 0 aromatic heterocycles. The number of benzene rings is 3. The lowest BCUT2D eigenvalue weighted by molar-refractivity contribution is -0.156. The Morgan fingerprint density at radius 2 is 1.35 bits per heavy atom. The molecule has 178 valence electrons. The summed E-state index contributed by atoms with van der Waals surface area (Å²) in [5.74, 6) is 1.12. The molecule has 0 N–H and O–H groups in total. The van der Waals surface area contributed by atoms with E-state index in [4.69, 9.17) is 19.2 Å². The van der Waals surface area contributed by atoms with Gasteiger partial charge in [-0.3, -0.25) is 4.99 Å². The predicted octanol–water partition coefficient (Wildman–Crippen LogP) is 6.26. The zero-order valence-corrected chi connectivity index (χ0v) is 21.8. The Morgan fingerprint density at radius 3 is 1.79 bits per heavy atom. The Balaban J connectivity index is 2.11. The fraction of sp³-hybridized carbons (Fsp3) is 0.286. The molecule has 34 heavy (non-hydrogen) atoms. The van der Waals surface area contributed by atoms with E-state index in [9.17, 15) is 4.79 Å². The highest BCUT2D eigenvalue weighted by Crippen LogP contribution is 2.23. The second-order valence-corrected chi connectivity index (χ2v) is 9.63. The first-order valence-electron chi connectivity index (χ1n) is 11.0. The van der Waals surface area contributed by atoms with Gasteiger partial charge in [-0.05, 0) is 80.9 Å². The second kappa shape index (κ2) is 11.3. The predicted molar refractivity (Wildman–Crippen MR) is 139 cm³/mol. The normalized spacial score (nSPS) is 11.9. The lowest BCUT2D eigenvalue weighted by Crippen LogP contribution is -2.33. The van der Waals surface area contributed by atoms with Crippen LogP contribution in [0.2, 0.25) is 0 Å². The van der Waals surface area contributed by atoms with E-state index in [0.717, 1.165) is 32.7 Å². The van der Waals surface area contributed by atoms with E-state index in [2.05, 4.69) is 15.9 Å². The number of aliphatic imine (C=N–C) groups is 1. The van der Waals surface area contributed by atoms with E-state index < -0.39 is 11.6 Å². The number of carbonyl (C=O) groups excluding carboxylic acids is 1. The van der Waals surface area contributed by atoms with Crippen LogP contribution in [0.1, 0.15) is 37.5 Å². The summed E-state index contributed by atoms with van der Waals surface area (Å²) < 4.78 is 17.3. The number of nitrogens with zero attached hydrogens (tertiary/aromatic N) is 1. The average molecular weight is 524 g/mol. The van der Waals surface area contributed by atoms with Gasteiger partial charge in [-0.25, -0.2) is 4.79 Å². The number of hydrogen-bond acceptors (Lipinski definition) is 5. The van der Waals surface area contributed by atoms with E-state index >= 15 is 0 Å². The molecule has 0 saturated carbocycles. The van der Waals surface area contributed by atoms with Gasteiger partial charge in [-0.2, -0.15) is 0 Å². The third kappa shape index (κ3) is 6.94. The van der Waals surface area contributed by atoms with Crippen LogP contribution in [-0.2, 0) is 16.0 Å². The molecule has 0 aliphatic carbocycles. The van der Waals surface area contributed by atoms with Gasteiger partial charge in [-0.15, -0.1) is 0 Å². The van der Waals surface area contributed by atoms with E-state index in [1.165, 1.54) is 0 Å². The van der Waals surface area contributed by atoms with Gasteiger partial charge in [-0.1, -0.05) is 34.1 Å². The van der Waals surface area contributed by atoms with Crippen molar-refractivity contribution in [2.24, 2.45) is 4.99 Å². The van der Waals surface area contributed by atoms with Crippen LogP contribution in [0.5, 0.6) is 11.5 Å². The first kappa shape index (κ1) is 25.5. The molecule has 0 aliphatic heterocycles. The van der Waals surface area contributed by atoms with Crippen molar-refractivity contribution in [1.29, 1.82) is 0 Å². The highest BCUT2D eigenvalue weighted by molar-refractivity contribution is 9.10. The Hall–Kier alpha value is -3.12. The standard InChI is InChI=1S/C28H30BrNO4/c1-28(2,3)34-27(31)25(18-21-8-6-7-9-24(21)29)30-26(19-10-14-22(32-4)15-11-19)20-12-16-23(33-5)17-13-20/h6-17,25H,18H2,1-5H3/t25-/m0/s1. The van der Waals surface area contributed by atoms with Crippen molar-refractivity contribution in [3.8, 4) is 11.5 Å². The van der Waals surface area contributed by atoms with Crippen molar-refractivity contribution in [2.75, 3.05) is 14.2 Å². The van der Waals surface area contributed by atoms with Crippen molar-refractivity contribution in [2.45, 2.75) is 38.8 Å². The molecular formula is C28H30BrNO4. The molecule has 6 heteroatoms. The van der Waals surface area contributed by atoms with Crippen LogP contribution < -0.4 is 9.47 Å². The minimum absolute atomic E-state index is 0.372. The maximum Gasteiger partial charge on any atom is 0.331 e. The van der Waals surface area contributed by atoms with Crippen molar-refractivity contribution >= 4 is 27.6 Å². The summed E-state index contributed by atoms with van der Waals surface area (Å²) in [6.07, 6.45) is 0.395. The monoisotopic (exact) mass is 523 g/mol. The lowest BCUT2D eigenvalue weighted by atomic mass is 10.00. The number of methoxy groups -OCH3 is 2. The highest BCUT2D eigenvalue weighted by Gasteiger charge is 2.27. The van der Waals surface area contributed by atoms with Gasteiger partial charge in [0.15, 0.2) is 6.04 Å². The minimum Gasteiger partial charge on any atom is -0.497 e. The Bertz CT molecular complexity index is 1080. The van der Waals surface area contributed by atoms with E-state index in [1.807, 2.05) is 93.6 Å². The maximum absolute atomic E-state index is 13.3. The van der Waals surface area contributed by atoms with Crippen molar-refractivity contribution in [3.05, 3.63) is 94.0 Å². The van der Waals surface area contributed by atoms with Crippen molar-refractivity contribution in [3.63, 3.8) is 0 Å². The van der Waals surface area contributed by atoms with Crippen LogP contribution in [0.25, 0.3) is 0 Å². The van der Waals surface area contributed by atoms with Gasteiger partial charge in [0.2, 0.25) is 0 Å². The molecule has 1 atom stereocenters. The second-order valence-electron chi connectivity index (χ2n) is 8.78. The summed E-state index contributed by atoms with van der Waals surface area (Å²) in [4.78, 5) is 18.3. The van der Waals surface area contributed by atoms with Gasteiger partial charge < -0.3 is 14.2 Å². The third-order valence-corrected chi connectivity index (χ3v) is 5.84. The molecule has 3 aromatic rings. The van der Waals surface area contributed by atoms with Gasteiger partial charge in [0, 0.05) is 22.0 Å². The molecule has 0 spiro atoms. The average Bonchev–Trinajstić information content (AvgIpc) is 2.82. The van der Waals surface area contributed by atoms with Gasteiger partial charge in [0.1, 0.15) is 17.1 Å². The van der Waals surface area contributed by atoms with Crippen molar-refractivity contribution in [1.82, 2.24) is 0 Å². The Kier molecular flexibility index (Phi) is 8.51. The molecule has 3 aromatic carbocycles. The lowest BCUT2D eigenvalue weighted by Gasteiger charge is -2.23. The van der Waals surface area contributed by atoms with E-state index in [-0.39, 0.29) is 5.97 Å². The van der Waals surface area contributed by atoms with Gasteiger partial charge >= 0.3 is 5.97 Å². The molecule has 0 saturated heterocycles. The molecule has 0 radical (unpaired) electrons. The molecular weight excluding hydrogens is 494 g/mol. The first-order chi connectivity index (χ1) is 16.2. The number of hydrogen-bond donors (Lipinski definition) is 0. The van der Waals surface area contributed by atoms with Crippen LogP contribution >= 0.6 is 15.9 Å². The van der Waals surface area contributed by atoms with Gasteiger partial charge in [0.05, 0.1) is 19.9 Å². The summed E-state index contributed by atoms with van der Waals surface area (Å²) in [5.41, 5.74) is 2.77. The molecule has 0 bridgehead atoms. The number of halogens is 1. The van der Waals surface area contributed by atoms with Crippen LogP contribution in [0.15, 0.2) is 82.3 Å². The molecule has 0 heterocycles. The highest BCUT2D eigenvalue weighted by atomic mass is 79.9. The fourth-order valence-electron chi connectivity index (χ4n) is 3.39. The number of rotatable bonds is 8. The zero-order chi connectivity index (χ0) is 24.7. The fourth-order valence-corrected chi connectivity index (χ4v) is 3.84. The van der Waals surface area contributed by atoms with Crippen LogP contribution in [0.4, 0.5) is 0 Å². The molecule has 0 fully saturated rings. The Labute approximate surface area is 209 Å². The summed E-state index contributed by atoms with van der Waals surface area (Å²) in [6.45, 7) is 5.58. The third-order valence-electron chi connectivity index (χ3n) is 5.06. The topological polar surface area (TPSA) is 57.1 Å². The summed E-state index contributed by atoms with van der Waals surface area (Å²) in [6, 6.07) is 22.4. The zero-order valence-electron chi connectivity index (χ0n) is 20.2. The van der Waals surface area contributed by atoms with E-state index in [0.29, 0.717) is 12.1 Å². The molecule has 5 nitrogen and oxygen atoms in total. The number of carbonyl (C=O) groups is 1. The maximum atomic E-state index is 13.3. The van der Waals surface area contributed by atoms with E-state index in [1.54, 1.807) is 14.2 Å². The largest absolute Gasteiger partial charge is 0.497 e. The quantitative estimate of drug-likeness (QED) is 0.258. The SMILES string of the molecule is COc1ccc(C(=N[C@@H](Cc2ccccc2Br)C(=O)OC(C)(C)C)c2ccc(OC)cc2)cc1. The summed E-state index contributed by atoms with van der Waals surface area (Å²) in [5, 5.41) is 0. The van der Waals surface area contributed by atoms with Crippen LogP contribution in [-0.4, -0.2) is 37.5 Å². The molecule has 0 aliphatic rings. The molecule has 0 amide bonds. The Morgan fingerprint density at radius 1 is 0.853 bits per heavy atom. The number of esters is 1. The number of ether oxygens (including phenoxy) is 3. The van der Waals surface area contributed by atoms with Gasteiger partial charge in [0.25, 0.3) is 0 Å². The van der Waals surface area contributed by atoms with Crippen molar-refractivity contribution < 1.29 is 19.0 Å². The van der Waals surface area contributed by atoms with Crippen LogP contribution in [0.3, 0.4) is 0 Å². The smallest absolute Gasteiger partial charge is 0.331 e.